The van der Waals surface area contributed by atoms with Gasteiger partial charge in [-0.25, -0.2) is 9.59 Å². The first-order valence-electron chi connectivity index (χ1n) is 14.1. The smallest absolute Gasteiger partial charge is 0.350 e. The van der Waals surface area contributed by atoms with E-state index in [9.17, 15) is 9.59 Å². The van der Waals surface area contributed by atoms with E-state index in [1.807, 2.05) is 149 Å². The summed E-state index contributed by atoms with van der Waals surface area (Å²) in [6, 6.07) is 38.0. The molecular weight excluding hydrogens is 522 g/mol. The lowest BCUT2D eigenvalue weighted by Crippen LogP contribution is -2.37. The molecule has 0 saturated heterocycles. The Morgan fingerprint density at radius 3 is 1.74 bits per heavy atom. The highest BCUT2D eigenvalue weighted by Crippen LogP contribution is 2.28. The number of aromatic nitrogens is 2. The van der Waals surface area contributed by atoms with Crippen molar-refractivity contribution in [1.29, 1.82) is 0 Å². The van der Waals surface area contributed by atoms with Crippen molar-refractivity contribution < 1.29 is 9.53 Å². The third-order valence-electron chi connectivity index (χ3n) is 6.91. The molecule has 5 aromatic rings. The zero-order valence-corrected chi connectivity index (χ0v) is 24.4. The molecule has 42 heavy (non-hydrogen) atoms. The van der Waals surface area contributed by atoms with E-state index in [1.165, 1.54) is 4.68 Å². The molecule has 6 nitrogen and oxygen atoms in total. The van der Waals surface area contributed by atoms with Crippen LogP contribution in [0.5, 0.6) is 0 Å². The van der Waals surface area contributed by atoms with Crippen molar-refractivity contribution in [3.05, 3.63) is 154 Å². The van der Waals surface area contributed by atoms with Gasteiger partial charge in [-0.3, -0.25) is 4.57 Å². The predicted molar refractivity (Wildman–Crippen MR) is 168 cm³/mol. The van der Waals surface area contributed by atoms with Crippen LogP contribution in [0.25, 0.3) is 11.3 Å². The van der Waals surface area contributed by atoms with Gasteiger partial charge in [-0.2, -0.15) is 9.78 Å². The number of carbonyl (C=O) groups is 1. The van der Waals surface area contributed by atoms with E-state index in [1.54, 1.807) is 4.57 Å². The van der Waals surface area contributed by atoms with Crippen molar-refractivity contribution in [2.45, 2.75) is 45.8 Å². The normalized spacial score (nSPS) is 12.0. The maximum absolute atomic E-state index is 14.5. The number of rotatable bonds is 8. The van der Waals surface area contributed by atoms with Gasteiger partial charge in [-0.05, 0) is 33.3 Å². The van der Waals surface area contributed by atoms with Crippen molar-refractivity contribution in [1.82, 2.24) is 9.24 Å². The van der Waals surface area contributed by atoms with Gasteiger partial charge in [-0.15, -0.1) is 0 Å². The number of ether oxygens (including phenoxy) is 1. The molecule has 0 unspecified atom stereocenters. The second kappa shape index (κ2) is 12.3. The van der Waals surface area contributed by atoms with Gasteiger partial charge in [0.05, 0.1) is 11.4 Å². The van der Waals surface area contributed by atoms with Crippen molar-refractivity contribution in [3.8, 4) is 11.3 Å². The maximum Gasteiger partial charge on any atom is 0.350 e. The topological polar surface area (TPSA) is 65.6 Å². The van der Waals surface area contributed by atoms with Crippen LogP contribution in [0, 0.1) is 6.92 Å². The summed E-state index contributed by atoms with van der Waals surface area (Å²) < 4.78 is 8.84. The highest BCUT2D eigenvalue weighted by Gasteiger charge is 2.32. The Morgan fingerprint density at radius 1 is 0.762 bits per heavy atom. The van der Waals surface area contributed by atoms with Gasteiger partial charge in [0, 0.05) is 28.8 Å². The zero-order valence-electron chi connectivity index (χ0n) is 24.4. The van der Waals surface area contributed by atoms with Crippen molar-refractivity contribution in [2.24, 2.45) is 5.10 Å². The fraction of sp³-hybridized carbons (Fsp3) is 0.194. The van der Waals surface area contributed by atoms with Gasteiger partial charge in [0.15, 0.2) is 0 Å². The summed E-state index contributed by atoms with van der Waals surface area (Å²) in [5.41, 5.74) is 4.23. The Morgan fingerprint density at radius 2 is 1.24 bits per heavy atom. The average molecular weight is 558 g/mol. The molecule has 0 aliphatic rings. The number of carbonyl (C=O) groups excluding carboxylic acids is 1. The summed E-state index contributed by atoms with van der Waals surface area (Å²) >= 11 is 0. The standard InChI is InChI=1S/C36H35N3O3/c1-26-33(30-23-15-8-16-24-30)39(37-32(28-19-11-6-12-20-28)29-21-13-7-14-22-29)35(41)38(26)31(34(40)42-36(2,3)4)25-27-17-9-5-10-18-27/h5-24,31H,25H2,1-4H3/t31-/m0/s1. The largest absolute Gasteiger partial charge is 0.458 e. The zero-order chi connectivity index (χ0) is 29.7. The SMILES string of the molecule is Cc1c(-c2ccccc2)n(N=C(c2ccccc2)c2ccccc2)c(=O)n1[C@@H](Cc1ccccc1)C(=O)OC(C)(C)C. The molecule has 0 spiro atoms. The Bertz CT molecular complexity index is 1690. The van der Waals surface area contributed by atoms with E-state index in [-0.39, 0.29) is 0 Å². The number of esters is 1. The second-order valence-corrected chi connectivity index (χ2v) is 11.2. The van der Waals surface area contributed by atoms with Crippen LogP contribution in [0.4, 0.5) is 0 Å². The first kappa shape index (κ1) is 28.6. The van der Waals surface area contributed by atoms with Crippen molar-refractivity contribution in [3.63, 3.8) is 0 Å². The van der Waals surface area contributed by atoms with Crippen molar-refractivity contribution in [2.75, 3.05) is 0 Å². The number of imidazole rings is 1. The first-order chi connectivity index (χ1) is 20.2. The lowest BCUT2D eigenvalue weighted by Gasteiger charge is -2.25. The van der Waals surface area contributed by atoms with Gasteiger partial charge in [-0.1, -0.05) is 121 Å². The van der Waals surface area contributed by atoms with E-state index in [4.69, 9.17) is 9.84 Å². The van der Waals surface area contributed by atoms with E-state index in [2.05, 4.69) is 0 Å². The van der Waals surface area contributed by atoms with E-state index in [0.717, 1.165) is 22.3 Å². The molecule has 1 aromatic heterocycles. The Kier molecular flexibility index (Phi) is 8.34. The molecule has 0 radical (unpaired) electrons. The minimum atomic E-state index is -0.894. The van der Waals surface area contributed by atoms with Gasteiger partial charge in [0.25, 0.3) is 0 Å². The summed E-state index contributed by atoms with van der Waals surface area (Å²) in [7, 11) is 0. The fourth-order valence-corrected chi connectivity index (χ4v) is 5.06. The van der Waals surface area contributed by atoms with E-state index in [0.29, 0.717) is 23.5 Å². The van der Waals surface area contributed by atoms with Crippen LogP contribution < -0.4 is 5.69 Å². The average Bonchev–Trinajstić information content (AvgIpc) is 3.23. The molecule has 212 valence electrons. The Balaban J connectivity index is 1.78. The van der Waals surface area contributed by atoms with Crippen LogP contribution in [0.15, 0.2) is 131 Å². The summed E-state index contributed by atoms with van der Waals surface area (Å²) in [5, 5.41) is 5.03. The molecule has 6 heteroatoms. The molecule has 0 amide bonds. The van der Waals surface area contributed by atoms with Gasteiger partial charge in [0.1, 0.15) is 11.6 Å². The number of hydrogen-bond acceptors (Lipinski definition) is 4. The molecule has 0 aliphatic heterocycles. The van der Waals surface area contributed by atoms with Crippen molar-refractivity contribution >= 4 is 11.7 Å². The highest BCUT2D eigenvalue weighted by molar-refractivity contribution is 6.12. The monoisotopic (exact) mass is 557 g/mol. The second-order valence-electron chi connectivity index (χ2n) is 11.2. The van der Waals surface area contributed by atoms with Crippen LogP contribution in [-0.2, 0) is 16.0 Å². The molecule has 1 heterocycles. The summed E-state index contributed by atoms with van der Waals surface area (Å²) in [6.45, 7) is 7.35. The van der Waals surface area contributed by atoms with Gasteiger partial charge >= 0.3 is 11.7 Å². The molecule has 0 saturated carbocycles. The maximum atomic E-state index is 14.5. The molecule has 5 rings (SSSR count). The third kappa shape index (κ3) is 6.33. The third-order valence-corrected chi connectivity index (χ3v) is 6.91. The van der Waals surface area contributed by atoms with E-state index < -0.39 is 23.3 Å². The molecular formula is C36H35N3O3. The summed E-state index contributed by atoms with van der Waals surface area (Å²) in [6.07, 6.45) is 0.294. The number of benzene rings is 4. The quantitative estimate of drug-likeness (QED) is 0.152. The number of hydrogen-bond donors (Lipinski definition) is 0. The lowest BCUT2D eigenvalue weighted by atomic mass is 10.0. The van der Waals surface area contributed by atoms with Crippen LogP contribution in [0.3, 0.4) is 0 Å². The molecule has 0 N–H and O–H groups in total. The minimum absolute atomic E-state index is 0.294. The molecule has 0 bridgehead atoms. The molecule has 0 aliphatic carbocycles. The summed E-state index contributed by atoms with van der Waals surface area (Å²) in [4.78, 5) is 28.3. The predicted octanol–water partition coefficient (Wildman–Crippen LogP) is 7.05. The van der Waals surface area contributed by atoms with Crippen LogP contribution in [0.1, 0.15) is 49.2 Å². The number of nitrogens with zero attached hydrogens (tertiary/aromatic N) is 3. The van der Waals surface area contributed by atoms with E-state index >= 15 is 0 Å². The van der Waals surface area contributed by atoms with Gasteiger partial charge in [0.2, 0.25) is 0 Å². The fourth-order valence-electron chi connectivity index (χ4n) is 5.06. The highest BCUT2D eigenvalue weighted by atomic mass is 16.6. The lowest BCUT2D eigenvalue weighted by molar-refractivity contribution is -0.159. The van der Waals surface area contributed by atoms with Crippen LogP contribution in [-0.4, -0.2) is 26.5 Å². The summed E-state index contributed by atoms with van der Waals surface area (Å²) in [5.74, 6) is -0.469. The molecule has 0 fully saturated rings. The molecule has 4 aromatic carbocycles. The Labute approximate surface area is 246 Å². The first-order valence-corrected chi connectivity index (χ1v) is 14.1. The van der Waals surface area contributed by atoms with Crippen LogP contribution >= 0.6 is 0 Å². The minimum Gasteiger partial charge on any atom is -0.458 e. The van der Waals surface area contributed by atoms with Gasteiger partial charge < -0.3 is 4.74 Å². The van der Waals surface area contributed by atoms with Crippen LogP contribution in [0.2, 0.25) is 0 Å². The molecule has 1 atom stereocenters. The Hall–Kier alpha value is -4.97.